The van der Waals surface area contributed by atoms with Gasteiger partial charge in [0.25, 0.3) is 0 Å². The zero-order valence-corrected chi connectivity index (χ0v) is 19.7. The highest BCUT2D eigenvalue weighted by atomic mass is 16.5. The van der Waals surface area contributed by atoms with Crippen molar-refractivity contribution in [1.29, 1.82) is 0 Å². The number of nitrogens with one attached hydrogen (secondary N) is 1. The average molecular weight is 448 g/mol. The Bertz CT molecular complexity index is 1030. The highest BCUT2D eigenvalue weighted by Crippen LogP contribution is 2.29. The summed E-state index contributed by atoms with van der Waals surface area (Å²) in [6.07, 6.45) is 5.88. The zero-order chi connectivity index (χ0) is 23.0. The Hall–Kier alpha value is -3.03. The van der Waals surface area contributed by atoms with E-state index in [-0.39, 0.29) is 6.10 Å². The molecule has 0 saturated carbocycles. The first kappa shape index (κ1) is 23.1. The quantitative estimate of drug-likeness (QED) is 0.499. The van der Waals surface area contributed by atoms with Crippen molar-refractivity contribution < 1.29 is 9.47 Å². The summed E-state index contributed by atoms with van der Waals surface area (Å²) in [5.41, 5.74) is 3.49. The first-order valence-corrected chi connectivity index (χ1v) is 11.6. The Labute approximate surface area is 196 Å². The molecule has 0 unspecified atom stereocenters. The summed E-state index contributed by atoms with van der Waals surface area (Å²) in [5, 5.41) is 3.20. The summed E-state index contributed by atoms with van der Waals surface area (Å²) in [6.45, 7) is 7.63. The monoisotopic (exact) mass is 447 g/mol. The van der Waals surface area contributed by atoms with Crippen LogP contribution < -0.4 is 10.1 Å². The van der Waals surface area contributed by atoms with Gasteiger partial charge in [-0.15, -0.1) is 0 Å². The number of hydrogen-bond donors (Lipinski definition) is 1. The van der Waals surface area contributed by atoms with Crippen molar-refractivity contribution in [1.82, 2.24) is 19.9 Å². The van der Waals surface area contributed by atoms with Crippen LogP contribution in [0.1, 0.15) is 49.4 Å². The lowest BCUT2D eigenvalue weighted by molar-refractivity contribution is 0.174. The molecule has 0 amide bonds. The summed E-state index contributed by atoms with van der Waals surface area (Å²) in [5.74, 6) is 2.65. The Morgan fingerprint density at radius 1 is 1.12 bits per heavy atom. The van der Waals surface area contributed by atoms with Gasteiger partial charge >= 0.3 is 0 Å². The molecule has 7 nitrogen and oxygen atoms in total. The van der Waals surface area contributed by atoms with Gasteiger partial charge in [0.2, 0.25) is 5.95 Å². The Kier molecular flexibility index (Phi) is 7.86. The number of likely N-dealkylation sites (tertiary alicyclic amines) is 1. The van der Waals surface area contributed by atoms with E-state index in [1.807, 2.05) is 19.9 Å². The maximum atomic E-state index is 5.95. The van der Waals surface area contributed by atoms with Crippen LogP contribution in [0.2, 0.25) is 0 Å². The molecule has 4 rings (SSSR count). The predicted molar refractivity (Wildman–Crippen MR) is 130 cm³/mol. The number of aromatic nitrogens is 3. The van der Waals surface area contributed by atoms with Crippen molar-refractivity contribution in [3.05, 3.63) is 71.7 Å². The zero-order valence-electron chi connectivity index (χ0n) is 19.7. The van der Waals surface area contributed by atoms with E-state index in [1.54, 1.807) is 25.6 Å². The van der Waals surface area contributed by atoms with Crippen LogP contribution in [0.15, 0.2) is 54.9 Å². The second kappa shape index (κ2) is 11.2. The molecule has 1 N–H and O–H groups in total. The number of anilines is 2. The Morgan fingerprint density at radius 3 is 2.76 bits per heavy atom. The van der Waals surface area contributed by atoms with Crippen LogP contribution in [0, 0.1) is 0 Å². The van der Waals surface area contributed by atoms with Crippen LogP contribution >= 0.6 is 0 Å². The number of pyridine rings is 1. The van der Waals surface area contributed by atoms with E-state index < -0.39 is 0 Å². The van der Waals surface area contributed by atoms with Gasteiger partial charge in [-0.3, -0.25) is 4.90 Å². The SMILES string of the molecule is COCc1cc(CN2CCC[C@@H](c3cccc(Nc4ncccn4)n3)C2)ccc1OC(C)C. The first-order chi connectivity index (χ1) is 16.1. The predicted octanol–water partition coefficient (Wildman–Crippen LogP) is 4.93. The second-order valence-corrected chi connectivity index (χ2v) is 8.76. The minimum absolute atomic E-state index is 0.139. The van der Waals surface area contributed by atoms with Crippen LogP contribution in [0.5, 0.6) is 5.75 Å². The van der Waals surface area contributed by atoms with Crippen LogP contribution in [0.4, 0.5) is 11.8 Å². The molecule has 7 heteroatoms. The summed E-state index contributed by atoms with van der Waals surface area (Å²) < 4.78 is 11.4. The van der Waals surface area contributed by atoms with Gasteiger partial charge in [-0.25, -0.2) is 15.0 Å². The lowest BCUT2D eigenvalue weighted by Crippen LogP contribution is -2.34. The van der Waals surface area contributed by atoms with Gasteiger partial charge in [-0.05, 0) is 69.1 Å². The Balaban J connectivity index is 1.43. The normalized spacial score (nSPS) is 16.7. The molecule has 3 aromatic rings. The number of rotatable bonds is 9. The van der Waals surface area contributed by atoms with Crippen molar-refractivity contribution in [3.63, 3.8) is 0 Å². The standard InChI is InChI=1S/C26H33N5O2/c1-19(2)33-24-11-10-20(15-22(24)18-32-3)16-31-14-5-7-21(17-31)23-8-4-9-25(29-23)30-26-27-12-6-13-28-26/h4,6,8-13,15,19,21H,5,7,14,16-18H2,1-3H3,(H,27,28,29,30)/t21-/m1/s1. The van der Waals surface area contributed by atoms with E-state index in [2.05, 4.69) is 50.5 Å². The molecule has 3 heterocycles. The number of piperidine rings is 1. The molecule has 1 aliphatic rings. The molecule has 1 aliphatic heterocycles. The molecule has 1 saturated heterocycles. The smallest absolute Gasteiger partial charge is 0.228 e. The largest absolute Gasteiger partial charge is 0.491 e. The van der Waals surface area contributed by atoms with Gasteiger partial charge in [0.15, 0.2) is 0 Å². The average Bonchev–Trinajstić information content (AvgIpc) is 2.82. The van der Waals surface area contributed by atoms with Gasteiger partial charge in [0.1, 0.15) is 11.6 Å². The molecule has 2 aromatic heterocycles. The maximum absolute atomic E-state index is 5.95. The van der Waals surface area contributed by atoms with E-state index in [4.69, 9.17) is 14.5 Å². The van der Waals surface area contributed by atoms with Crippen molar-refractivity contribution in [2.75, 3.05) is 25.5 Å². The molecule has 0 radical (unpaired) electrons. The summed E-state index contributed by atoms with van der Waals surface area (Å²) in [6, 6.07) is 14.4. The summed E-state index contributed by atoms with van der Waals surface area (Å²) >= 11 is 0. The van der Waals surface area contributed by atoms with Gasteiger partial charge in [0.05, 0.1) is 12.7 Å². The molecule has 33 heavy (non-hydrogen) atoms. The van der Waals surface area contributed by atoms with Crippen LogP contribution in [0.25, 0.3) is 0 Å². The molecule has 1 fully saturated rings. The maximum Gasteiger partial charge on any atom is 0.228 e. The van der Waals surface area contributed by atoms with Crippen molar-refractivity contribution in [2.24, 2.45) is 0 Å². The van der Waals surface area contributed by atoms with Crippen molar-refractivity contribution in [3.8, 4) is 5.75 Å². The summed E-state index contributed by atoms with van der Waals surface area (Å²) in [7, 11) is 1.72. The fraction of sp³-hybridized carbons (Fsp3) is 0.423. The van der Waals surface area contributed by atoms with Gasteiger partial charge in [-0.2, -0.15) is 0 Å². The minimum atomic E-state index is 0.139. The number of nitrogens with zero attached hydrogens (tertiary/aromatic N) is 4. The number of hydrogen-bond acceptors (Lipinski definition) is 7. The molecule has 1 atom stereocenters. The molecule has 0 bridgehead atoms. The van der Waals surface area contributed by atoms with Crippen molar-refractivity contribution >= 4 is 11.8 Å². The van der Waals surface area contributed by atoms with E-state index in [0.717, 1.165) is 55.3 Å². The molecule has 0 spiro atoms. The van der Waals surface area contributed by atoms with E-state index in [1.165, 1.54) is 5.56 Å². The van der Waals surface area contributed by atoms with Crippen LogP contribution in [-0.4, -0.2) is 46.2 Å². The first-order valence-electron chi connectivity index (χ1n) is 11.6. The van der Waals surface area contributed by atoms with Crippen molar-refractivity contribution in [2.45, 2.75) is 51.9 Å². The number of ether oxygens (including phenoxy) is 2. The third-order valence-corrected chi connectivity index (χ3v) is 5.69. The molecular formula is C26H33N5O2. The van der Waals surface area contributed by atoms with E-state index in [9.17, 15) is 0 Å². The van der Waals surface area contributed by atoms with Crippen LogP contribution in [-0.2, 0) is 17.9 Å². The van der Waals surface area contributed by atoms with Crippen LogP contribution in [0.3, 0.4) is 0 Å². The van der Waals surface area contributed by atoms with Gasteiger partial charge in [0, 0.05) is 49.8 Å². The fourth-order valence-corrected chi connectivity index (χ4v) is 4.29. The number of benzene rings is 1. The highest BCUT2D eigenvalue weighted by molar-refractivity contribution is 5.47. The molecule has 1 aromatic carbocycles. The fourth-order valence-electron chi connectivity index (χ4n) is 4.29. The molecule has 174 valence electrons. The minimum Gasteiger partial charge on any atom is -0.491 e. The summed E-state index contributed by atoms with van der Waals surface area (Å²) in [4.78, 5) is 15.8. The van der Waals surface area contributed by atoms with Gasteiger partial charge in [-0.1, -0.05) is 12.1 Å². The number of methoxy groups -OCH3 is 1. The molecular weight excluding hydrogens is 414 g/mol. The van der Waals surface area contributed by atoms with Gasteiger partial charge < -0.3 is 14.8 Å². The Morgan fingerprint density at radius 2 is 1.97 bits per heavy atom. The lowest BCUT2D eigenvalue weighted by atomic mass is 9.94. The lowest BCUT2D eigenvalue weighted by Gasteiger charge is -2.32. The highest BCUT2D eigenvalue weighted by Gasteiger charge is 2.23. The van der Waals surface area contributed by atoms with E-state index in [0.29, 0.717) is 18.5 Å². The topological polar surface area (TPSA) is 72.4 Å². The third-order valence-electron chi connectivity index (χ3n) is 5.69. The second-order valence-electron chi connectivity index (χ2n) is 8.76. The molecule has 0 aliphatic carbocycles. The van der Waals surface area contributed by atoms with E-state index >= 15 is 0 Å². The third kappa shape index (κ3) is 6.49.